The molecule has 23 heavy (non-hydrogen) atoms. The Morgan fingerprint density at radius 1 is 0.957 bits per heavy atom. The normalized spacial score (nSPS) is 26.5. The lowest BCUT2D eigenvalue weighted by atomic mass is 9.82. The molecule has 2 heteroatoms. The van der Waals surface area contributed by atoms with Crippen molar-refractivity contribution in [3.05, 3.63) is 22.3 Å². The first-order valence-corrected chi connectivity index (χ1v) is 9.25. The molecule has 0 saturated heterocycles. The van der Waals surface area contributed by atoms with Gasteiger partial charge in [-0.1, -0.05) is 22.3 Å². The smallest absolute Gasteiger partial charge is 0.120 e. The van der Waals surface area contributed by atoms with Gasteiger partial charge < -0.3 is 9.90 Å². The van der Waals surface area contributed by atoms with Crippen LogP contribution in [0.2, 0.25) is 0 Å². The molecule has 0 fully saturated rings. The number of aliphatic hydroxyl groups is 1. The predicted octanol–water partition coefficient (Wildman–Crippen LogP) is 5.61. The largest absolute Gasteiger partial charge is 0.393 e. The highest BCUT2D eigenvalue weighted by Gasteiger charge is 2.17. The molecule has 0 saturated carbocycles. The Morgan fingerprint density at radius 3 is 1.87 bits per heavy atom. The Balaban J connectivity index is 0.000000231. The summed E-state index contributed by atoms with van der Waals surface area (Å²) in [5.41, 5.74) is 6.15. The number of aliphatic hydroxyl groups excluding tert-OH is 1. The molecule has 0 spiro atoms. The number of hydrogen-bond acceptors (Lipinski definition) is 2. The average molecular weight is 321 g/mol. The van der Waals surface area contributed by atoms with Gasteiger partial charge in [0.2, 0.25) is 0 Å². The van der Waals surface area contributed by atoms with Gasteiger partial charge in [-0.3, -0.25) is 0 Å². The summed E-state index contributed by atoms with van der Waals surface area (Å²) in [6.45, 7) is 10.7. The van der Waals surface area contributed by atoms with E-state index in [4.69, 9.17) is 0 Å². The summed E-state index contributed by atoms with van der Waals surface area (Å²) >= 11 is 0. The molecule has 2 aliphatic rings. The van der Waals surface area contributed by atoms with E-state index < -0.39 is 0 Å². The SMILES string of the molecule is CC1=C(C)CC(CC(C)O)CC1.CC1=C(C)CC(CC=O)CC1. The maximum atomic E-state index is 10.2. The highest BCUT2D eigenvalue weighted by molar-refractivity contribution is 5.50. The molecule has 2 rings (SSSR count). The minimum Gasteiger partial charge on any atom is -0.393 e. The Morgan fingerprint density at radius 2 is 1.43 bits per heavy atom. The molecule has 3 unspecified atom stereocenters. The van der Waals surface area contributed by atoms with Crippen molar-refractivity contribution in [1.82, 2.24) is 0 Å². The zero-order valence-corrected chi connectivity index (χ0v) is 15.8. The maximum absolute atomic E-state index is 10.2. The van der Waals surface area contributed by atoms with E-state index in [0.717, 1.165) is 31.5 Å². The quantitative estimate of drug-likeness (QED) is 0.540. The highest BCUT2D eigenvalue weighted by atomic mass is 16.3. The Bertz CT molecular complexity index is 443. The van der Waals surface area contributed by atoms with Crippen LogP contribution in [0.4, 0.5) is 0 Å². The number of carbonyl (C=O) groups excluding carboxylic acids is 1. The summed E-state index contributed by atoms with van der Waals surface area (Å²) in [4.78, 5) is 10.2. The third-order valence-corrected chi connectivity index (χ3v) is 5.61. The Kier molecular flexibility index (Phi) is 8.83. The van der Waals surface area contributed by atoms with Crippen LogP contribution in [0.1, 0.15) is 86.0 Å². The first-order chi connectivity index (χ1) is 10.8. The second-order valence-electron chi connectivity index (χ2n) is 7.83. The summed E-state index contributed by atoms with van der Waals surface area (Å²) in [6, 6.07) is 0. The summed E-state index contributed by atoms with van der Waals surface area (Å²) in [5, 5.41) is 9.24. The molecule has 0 aliphatic heterocycles. The summed E-state index contributed by atoms with van der Waals surface area (Å²) in [5.74, 6) is 1.37. The van der Waals surface area contributed by atoms with Crippen LogP contribution >= 0.6 is 0 Å². The molecule has 0 amide bonds. The fourth-order valence-corrected chi connectivity index (χ4v) is 3.71. The molecule has 0 bridgehead atoms. The fourth-order valence-electron chi connectivity index (χ4n) is 3.71. The minimum atomic E-state index is -0.124. The Hall–Kier alpha value is -0.890. The third-order valence-electron chi connectivity index (χ3n) is 5.61. The van der Waals surface area contributed by atoms with E-state index in [0.29, 0.717) is 5.92 Å². The number of hydrogen-bond donors (Lipinski definition) is 1. The van der Waals surface area contributed by atoms with Gasteiger partial charge in [-0.05, 0) is 91.4 Å². The van der Waals surface area contributed by atoms with Crippen molar-refractivity contribution in [3.63, 3.8) is 0 Å². The zero-order chi connectivity index (χ0) is 17.4. The molecular formula is C21H36O2. The summed E-state index contributed by atoms with van der Waals surface area (Å²) in [6.07, 6.45) is 9.93. The number of carbonyl (C=O) groups is 1. The zero-order valence-electron chi connectivity index (χ0n) is 15.8. The topological polar surface area (TPSA) is 37.3 Å². The van der Waals surface area contributed by atoms with Crippen LogP contribution in [0.25, 0.3) is 0 Å². The van der Waals surface area contributed by atoms with Crippen molar-refractivity contribution in [3.8, 4) is 0 Å². The molecule has 2 aliphatic carbocycles. The lowest BCUT2D eigenvalue weighted by Gasteiger charge is -2.25. The van der Waals surface area contributed by atoms with Gasteiger partial charge >= 0.3 is 0 Å². The van der Waals surface area contributed by atoms with E-state index in [-0.39, 0.29) is 6.10 Å². The second kappa shape index (κ2) is 10.1. The van der Waals surface area contributed by atoms with Crippen molar-refractivity contribution in [2.45, 2.75) is 92.1 Å². The number of rotatable bonds is 4. The molecule has 3 atom stereocenters. The number of allylic oxidation sites excluding steroid dienone is 4. The molecule has 0 heterocycles. The number of aldehydes is 1. The summed E-state index contributed by atoms with van der Waals surface area (Å²) in [7, 11) is 0. The van der Waals surface area contributed by atoms with E-state index >= 15 is 0 Å². The molecule has 2 nitrogen and oxygen atoms in total. The van der Waals surface area contributed by atoms with E-state index in [1.54, 1.807) is 11.1 Å². The van der Waals surface area contributed by atoms with Crippen LogP contribution in [-0.2, 0) is 4.79 Å². The van der Waals surface area contributed by atoms with Crippen LogP contribution in [0, 0.1) is 11.8 Å². The van der Waals surface area contributed by atoms with Crippen molar-refractivity contribution < 1.29 is 9.90 Å². The molecule has 0 aromatic rings. The van der Waals surface area contributed by atoms with Gasteiger partial charge in [0.25, 0.3) is 0 Å². The standard InChI is InChI=1S/C11H20O.C10H16O/c1-8-4-5-11(6-9(8)2)7-10(3)12;1-8-3-4-10(5-6-11)7-9(8)2/h10-12H,4-7H2,1-3H3;6,10H,3-5,7H2,1-2H3. The first kappa shape index (κ1) is 20.2. The molecule has 0 aromatic heterocycles. The molecular weight excluding hydrogens is 284 g/mol. The van der Waals surface area contributed by atoms with Gasteiger partial charge in [-0.15, -0.1) is 0 Å². The Labute approximate surface area is 143 Å². The van der Waals surface area contributed by atoms with Gasteiger partial charge in [0.05, 0.1) is 6.10 Å². The van der Waals surface area contributed by atoms with E-state index in [2.05, 4.69) is 27.7 Å². The lowest BCUT2D eigenvalue weighted by molar-refractivity contribution is -0.108. The van der Waals surface area contributed by atoms with Gasteiger partial charge in [-0.2, -0.15) is 0 Å². The molecule has 0 radical (unpaired) electrons. The summed E-state index contributed by atoms with van der Waals surface area (Å²) < 4.78 is 0. The lowest BCUT2D eigenvalue weighted by Crippen LogP contribution is -2.14. The predicted molar refractivity (Wildman–Crippen MR) is 98.4 cm³/mol. The third kappa shape index (κ3) is 7.48. The molecule has 132 valence electrons. The van der Waals surface area contributed by atoms with Crippen LogP contribution < -0.4 is 0 Å². The van der Waals surface area contributed by atoms with Crippen molar-refractivity contribution >= 4 is 6.29 Å². The van der Waals surface area contributed by atoms with E-state index in [9.17, 15) is 9.90 Å². The van der Waals surface area contributed by atoms with Crippen molar-refractivity contribution in [1.29, 1.82) is 0 Å². The second-order valence-corrected chi connectivity index (χ2v) is 7.83. The van der Waals surface area contributed by atoms with E-state index in [1.807, 2.05) is 6.92 Å². The van der Waals surface area contributed by atoms with Crippen LogP contribution in [0.15, 0.2) is 22.3 Å². The van der Waals surface area contributed by atoms with Crippen molar-refractivity contribution in [2.24, 2.45) is 11.8 Å². The van der Waals surface area contributed by atoms with Gasteiger partial charge in [0.15, 0.2) is 0 Å². The van der Waals surface area contributed by atoms with Gasteiger partial charge in [0.1, 0.15) is 6.29 Å². The monoisotopic (exact) mass is 320 g/mol. The molecule has 0 aromatic carbocycles. The fraction of sp³-hybridized carbons (Fsp3) is 0.762. The van der Waals surface area contributed by atoms with Gasteiger partial charge in [-0.25, -0.2) is 0 Å². The van der Waals surface area contributed by atoms with E-state index in [1.165, 1.54) is 43.3 Å². The van der Waals surface area contributed by atoms with Crippen LogP contribution in [-0.4, -0.2) is 17.5 Å². The van der Waals surface area contributed by atoms with Gasteiger partial charge in [0, 0.05) is 6.42 Å². The maximum Gasteiger partial charge on any atom is 0.120 e. The van der Waals surface area contributed by atoms with Crippen LogP contribution in [0.5, 0.6) is 0 Å². The minimum absolute atomic E-state index is 0.124. The first-order valence-electron chi connectivity index (χ1n) is 9.25. The van der Waals surface area contributed by atoms with Crippen molar-refractivity contribution in [2.75, 3.05) is 0 Å². The highest BCUT2D eigenvalue weighted by Crippen LogP contribution is 2.31. The van der Waals surface area contributed by atoms with Crippen LogP contribution in [0.3, 0.4) is 0 Å². The molecule has 1 N–H and O–H groups in total. The average Bonchev–Trinajstić information content (AvgIpc) is 2.47.